The second kappa shape index (κ2) is 5.85. The summed E-state index contributed by atoms with van der Waals surface area (Å²) in [6.45, 7) is 3.26. The van der Waals surface area contributed by atoms with E-state index in [9.17, 15) is 19.2 Å². The van der Waals surface area contributed by atoms with Crippen LogP contribution in [0.15, 0.2) is 24.4 Å². The van der Waals surface area contributed by atoms with Crippen molar-refractivity contribution < 1.29 is 19.2 Å². The molecule has 1 rings (SSSR count). The molecule has 0 aromatic carbocycles. The van der Waals surface area contributed by atoms with Gasteiger partial charge in [-0.05, 0) is 12.1 Å². The number of carbonyl (C=O) groups excluding carboxylic acids is 4. The Bertz CT molecular complexity index is 513. The van der Waals surface area contributed by atoms with Crippen LogP contribution in [-0.4, -0.2) is 38.6 Å². The number of hydrogen-bond donors (Lipinski definition) is 0. The Balaban J connectivity index is 3.21. The number of rotatable bonds is 1. The predicted molar refractivity (Wildman–Crippen MR) is 64.3 cm³/mol. The summed E-state index contributed by atoms with van der Waals surface area (Å²) in [5.41, 5.74) is -0.0369. The van der Waals surface area contributed by atoms with E-state index in [1.807, 2.05) is 0 Å². The van der Waals surface area contributed by atoms with Crippen LogP contribution in [0, 0.1) is 0 Å². The minimum absolute atomic E-state index is 0.0369. The summed E-state index contributed by atoms with van der Waals surface area (Å²) in [4.78, 5) is 50.3. The Kier molecular flexibility index (Phi) is 4.46. The van der Waals surface area contributed by atoms with Crippen molar-refractivity contribution in [3.05, 3.63) is 30.1 Å². The van der Waals surface area contributed by atoms with Crippen molar-refractivity contribution in [3.63, 3.8) is 0 Å². The quantitative estimate of drug-likeness (QED) is 0.683. The van der Waals surface area contributed by atoms with Crippen LogP contribution in [0.3, 0.4) is 0 Å². The van der Waals surface area contributed by atoms with Crippen molar-refractivity contribution in [3.8, 4) is 0 Å². The number of pyridine rings is 1. The van der Waals surface area contributed by atoms with E-state index in [4.69, 9.17) is 0 Å². The molecule has 0 fully saturated rings. The molecule has 0 bridgehead atoms. The first kappa shape index (κ1) is 14.5. The average molecular weight is 263 g/mol. The SMILES string of the molecule is CC(=O)N(C(C)=O)N(C(C)=O)C(=O)c1ccccn1. The van der Waals surface area contributed by atoms with Crippen LogP contribution in [0.25, 0.3) is 0 Å². The van der Waals surface area contributed by atoms with E-state index >= 15 is 0 Å². The predicted octanol–water partition coefficient (Wildman–Crippen LogP) is 0.380. The summed E-state index contributed by atoms with van der Waals surface area (Å²) < 4.78 is 0. The fourth-order valence-electron chi connectivity index (χ4n) is 1.48. The number of hydrazine groups is 1. The molecule has 0 spiro atoms. The second-order valence-electron chi connectivity index (χ2n) is 3.70. The monoisotopic (exact) mass is 263 g/mol. The van der Waals surface area contributed by atoms with Gasteiger partial charge in [-0.1, -0.05) is 6.07 Å². The zero-order valence-corrected chi connectivity index (χ0v) is 10.8. The van der Waals surface area contributed by atoms with Gasteiger partial charge >= 0.3 is 0 Å². The molecular weight excluding hydrogens is 250 g/mol. The van der Waals surface area contributed by atoms with Gasteiger partial charge < -0.3 is 0 Å². The standard InChI is InChI=1S/C12H13N3O4/c1-8(16)14(9(2)17)15(10(3)18)12(19)11-6-4-5-7-13-11/h4-7H,1-3H3. The Hall–Kier alpha value is -2.57. The molecule has 100 valence electrons. The smallest absolute Gasteiger partial charge is 0.273 e. The van der Waals surface area contributed by atoms with Gasteiger partial charge in [0.05, 0.1) is 0 Å². The summed E-state index contributed by atoms with van der Waals surface area (Å²) in [5, 5.41) is 0.965. The topological polar surface area (TPSA) is 87.7 Å². The van der Waals surface area contributed by atoms with E-state index in [0.717, 1.165) is 20.8 Å². The highest BCUT2D eigenvalue weighted by Crippen LogP contribution is 2.07. The molecule has 7 heteroatoms. The number of hydrogen-bond acceptors (Lipinski definition) is 5. The Labute approximate surface area is 109 Å². The highest BCUT2D eigenvalue weighted by Gasteiger charge is 2.32. The molecule has 7 nitrogen and oxygen atoms in total. The van der Waals surface area contributed by atoms with E-state index in [1.54, 1.807) is 12.1 Å². The maximum atomic E-state index is 12.1. The Morgan fingerprint density at radius 3 is 1.79 bits per heavy atom. The normalized spacial score (nSPS) is 9.63. The summed E-state index contributed by atoms with van der Waals surface area (Å²) in [7, 11) is 0. The van der Waals surface area contributed by atoms with Gasteiger partial charge in [0, 0.05) is 27.0 Å². The van der Waals surface area contributed by atoms with Crippen molar-refractivity contribution >= 4 is 23.6 Å². The van der Waals surface area contributed by atoms with Crippen molar-refractivity contribution in [1.82, 2.24) is 15.0 Å². The molecule has 1 heterocycles. The number of carbonyl (C=O) groups is 4. The summed E-state index contributed by atoms with van der Waals surface area (Å²) in [6.07, 6.45) is 1.37. The number of aromatic nitrogens is 1. The maximum Gasteiger partial charge on any atom is 0.298 e. The van der Waals surface area contributed by atoms with E-state index in [1.165, 1.54) is 12.3 Å². The third-order valence-electron chi connectivity index (χ3n) is 2.17. The van der Waals surface area contributed by atoms with Crippen molar-refractivity contribution in [2.45, 2.75) is 20.8 Å². The summed E-state index contributed by atoms with van der Waals surface area (Å²) >= 11 is 0. The number of nitrogens with zero attached hydrogens (tertiary/aromatic N) is 3. The summed E-state index contributed by atoms with van der Waals surface area (Å²) in [6, 6.07) is 4.55. The molecule has 1 aromatic rings. The van der Waals surface area contributed by atoms with E-state index in [-0.39, 0.29) is 5.69 Å². The van der Waals surface area contributed by atoms with Gasteiger partial charge in [-0.25, -0.2) is 0 Å². The van der Waals surface area contributed by atoms with Gasteiger partial charge in [0.15, 0.2) is 0 Å². The molecular formula is C12H13N3O4. The molecule has 0 saturated heterocycles. The third kappa shape index (κ3) is 3.21. The minimum atomic E-state index is -0.835. The zero-order valence-electron chi connectivity index (χ0n) is 10.8. The lowest BCUT2D eigenvalue weighted by Crippen LogP contribution is -2.53. The Morgan fingerprint density at radius 1 is 0.895 bits per heavy atom. The lowest BCUT2D eigenvalue weighted by Gasteiger charge is -2.28. The van der Waals surface area contributed by atoms with E-state index in [0.29, 0.717) is 10.0 Å². The molecule has 0 unspecified atom stereocenters. The average Bonchev–Trinajstić information content (AvgIpc) is 2.34. The highest BCUT2D eigenvalue weighted by atomic mass is 16.2. The van der Waals surface area contributed by atoms with Crippen LogP contribution < -0.4 is 0 Å². The number of imide groups is 2. The first-order chi connectivity index (χ1) is 8.86. The van der Waals surface area contributed by atoms with Gasteiger partial charge in [0.1, 0.15) is 5.69 Å². The highest BCUT2D eigenvalue weighted by molar-refractivity contribution is 6.07. The molecule has 19 heavy (non-hydrogen) atoms. The third-order valence-corrected chi connectivity index (χ3v) is 2.17. The van der Waals surface area contributed by atoms with Gasteiger partial charge in [0.25, 0.3) is 5.91 Å². The van der Waals surface area contributed by atoms with Crippen LogP contribution in [0.2, 0.25) is 0 Å². The Morgan fingerprint density at radius 2 is 1.42 bits per heavy atom. The molecule has 0 aliphatic rings. The lowest BCUT2D eigenvalue weighted by atomic mass is 10.3. The first-order valence-corrected chi connectivity index (χ1v) is 5.43. The largest absolute Gasteiger partial charge is 0.298 e. The van der Waals surface area contributed by atoms with Gasteiger partial charge in [0.2, 0.25) is 17.7 Å². The zero-order chi connectivity index (χ0) is 14.6. The molecule has 1 aromatic heterocycles. The van der Waals surface area contributed by atoms with Gasteiger partial charge in [-0.2, -0.15) is 10.0 Å². The van der Waals surface area contributed by atoms with E-state index in [2.05, 4.69) is 4.98 Å². The molecule has 0 atom stereocenters. The van der Waals surface area contributed by atoms with Gasteiger partial charge in [-0.15, -0.1) is 0 Å². The van der Waals surface area contributed by atoms with Crippen molar-refractivity contribution in [2.24, 2.45) is 0 Å². The van der Waals surface area contributed by atoms with Crippen molar-refractivity contribution in [2.75, 3.05) is 0 Å². The molecule has 0 aliphatic carbocycles. The van der Waals surface area contributed by atoms with Gasteiger partial charge in [-0.3, -0.25) is 24.2 Å². The minimum Gasteiger partial charge on any atom is -0.273 e. The van der Waals surface area contributed by atoms with Crippen LogP contribution in [0.1, 0.15) is 31.3 Å². The van der Waals surface area contributed by atoms with Crippen molar-refractivity contribution in [1.29, 1.82) is 0 Å². The molecule has 0 N–H and O–H groups in total. The molecule has 0 aliphatic heterocycles. The van der Waals surface area contributed by atoms with Crippen LogP contribution in [0.4, 0.5) is 0 Å². The molecule has 0 saturated carbocycles. The van der Waals surface area contributed by atoms with E-state index < -0.39 is 23.6 Å². The fraction of sp³-hybridized carbons (Fsp3) is 0.250. The number of amides is 4. The molecule has 0 radical (unpaired) electrons. The first-order valence-electron chi connectivity index (χ1n) is 5.43. The maximum absolute atomic E-state index is 12.1. The summed E-state index contributed by atoms with van der Waals surface area (Å²) in [5.74, 6) is -3.04. The lowest BCUT2D eigenvalue weighted by molar-refractivity contribution is -0.165. The van der Waals surface area contributed by atoms with Crippen LogP contribution >= 0.6 is 0 Å². The van der Waals surface area contributed by atoms with Crippen LogP contribution in [-0.2, 0) is 14.4 Å². The van der Waals surface area contributed by atoms with Crippen LogP contribution in [0.5, 0.6) is 0 Å². The second-order valence-corrected chi connectivity index (χ2v) is 3.70. The molecule has 4 amide bonds. The fourth-order valence-corrected chi connectivity index (χ4v) is 1.48.